The lowest BCUT2D eigenvalue weighted by molar-refractivity contribution is 0.295. The molecule has 4 nitrogen and oxygen atoms in total. The summed E-state index contributed by atoms with van der Waals surface area (Å²) in [7, 11) is -3.57. The molecule has 0 aliphatic carbocycles. The summed E-state index contributed by atoms with van der Waals surface area (Å²) in [5.41, 5.74) is 0.952. The lowest BCUT2D eigenvalue weighted by Gasteiger charge is -2.28. The Morgan fingerprint density at radius 1 is 1.17 bits per heavy atom. The van der Waals surface area contributed by atoms with Crippen LogP contribution in [0.4, 0.5) is 0 Å². The predicted octanol–water partition coefficient (Wildman–Crippen LogP) is 3.60. The number of halogens is 1. The van der Waals surface area contributed by atoms with Crippen LogP contribution in [0.25, 0.3) is 0 Å². The molecule has 2 atom stereocenters. The number of hydrogen-bond donors (Lipinski definition) is 0. The second-order valence-corrected chi connectivity index (χ2v) is 8.38. The smallest absolute Gasteiger partial charge is 0.243 e. The van der Waals surface area contributed by atoms with Crippen molar-refractivity contribution in [2.24, 2.45) is 0 Å². The molecule has 1 aliphatic heterocycles. The van der Waals surface area contributed by atoms with E-state index < -0.39 is 10.0 Å². The maximum Gasteiger partial charge on any atom is 0.243 e. The van der Waals surface area contributed by atoms with Gasteiger partial charge >= 0.3 is 0 Å². The molecule has 1 heterocycles. The highest BCUT2D eigenvalue weighted by molar-refractivity contribution is 9.10. The van der Waals surface area contributed by atoms with Crippen molar-refractivity contribution in [3.63, 3.8) is 0 Å². The van der Waals surface area contributed by atoms with Gasteiger partial charge in [-0.05, 0) is 36.8 Å². The van der Waals surface area contributed by atoms with Crippen molar-refractivity contribution in [1.29, 1.82) is 0 Å². The number of benzene rings is 2. The van der Waals surface area contributed by atoms with Crippen LogP contribution in [0.1, 0.15) is 18.5 Å². The molecule has 0 radical (unpaired) electrons. The lowest BCUT2D eigenvalue weighted by Crippen LogP contribution is -2.36. The third-order valence-corrected chi connectivity index (χ3v) is 6.40. The SMILES string of the molecule is CC(c1ccc(Br)cc1)N(CC1CO1)S(=O)(=O)c1ccccc1. The first kappa shape index (κ1) is 16.6. The molecule has 122 valence electrons. The summed E-state index contributed by atoms with van der Waals surface area (Å²) in [5, 5.41) is 0. The van der Waals surface area contributed by atoms with Crippen LogP contribution in [0.3, 0.4) is 0 Å². The summed E-state index contributed by atoms with van der Waals surface area (Å²) in [6.45, 7) is 2.90. The Morgan fingerprint density at radius 3 is 2.35 bits per heavy atom. The summed E-state index contributed by atoms with van der Waals surface area (Å²) < 4.78 is 33.8. The zero-order valence-electron chi connectivity index (χ0n) is 12.7. The van der Waals surface area contributed by atoms with Crippen LogP contribution < -0.4 is 0 Å². The van der Waals surface area contributed by atoms with Crippen LogP contribution in [0.2, 0.25) is 0 Å². The largest absolute Gasteiger partial charge is 0.372 e. The van der Waals surface area contributed by atoms with Gasteiger partial charge in [-0.15, -0.1) is 0 Å². The van der Waals surface area contributed by atoms with Crippen molar-refractivity contribution in [2.45, 2.75) is 24.0 Å². The molecule has 1 fully saturated rings. The fourth-order valence-electron chi connectivity index (χ4n) is 2.47. The molecule has 2 aromatic rings. The molecule has 6 heteroatoms. The first-order valence-corrected chi connectivity index (χ1v) is 9.66. The zero-order chi connectivity index (χ0) is 16.4. The number of epoxide rings is 1. The van der Waals surface area contributed by atoms with Gasteiger partial charge in [-0.1, -0.05) is 46.3 Å². The maximum absolute atomic E-state index is 13.0. The molecule has 0 spiro atoms. The second-order valence-electron chi connectivity index (χ2n) is 5.57. The fraction of sp³-hybridized carbons (Fsp3) is 0.294. The van der Waals surface area contributed by atoms with Crippen molar-refractivity contribution >= 4 is 26.0 Å². The van der Waals surface area contributed by atoms with Crippen LogP contribution in [-0.4, -0.2) is 32.0 Å². The minimum Gasteiger partial charge on any atom is -0.372 e. The zero-order valence-corrected chi connectivity index (χ0v) is 15.1. The maximum atomic E-state index is 13.0. The molecule has 3 rings (SSSR count). The van der Waals surface area contributed by atoms with Gasteiger partial charge in [-0.25, -0.2) is 8.42 Å². The monoisotopic (exact) mass is 395 g/mol. The van der Waals surface area contributed by atoms with Gasteiger partial charge in [0.05, 0.1) is 17.6 Å². The third-order valence-electron chi connectivity index (χ3n) is 3.92. The molecule has 0 aromatic heterocycles. The van der Waals surface area contributed by atoms with Gasteiger partial charge < -0.3 is 4.74 Å². The number of ether oxygens (including phenoxy) is 1. The summed E-state index contributed by atoms with van der Waals surface area (Å²) >= 11 is 3.41. The second kappa shape index (κ2) is 6.73. The van der Waals surface area contributed by atoms with Gasteiger partial charge in [-0.2, -0.15) is 4.31 Å². The van der Waals surface area contributed by atoms with E-state index in [4.69, 9.17) is 4.74 Å². The molecule has 0 amide bonds. The van der Waals surface area contributed by atoms with Gasteiger partial charge in [0.25, 0.3) is 0 Å². The van der Waals surface area contributed by atoms with Crippen molar-refractivity contribution in [2.75, 3.05) is 13.2 Å². The summed E-state index contributed by atoms with van der Waals surface area (Å²) in [6.07, 6.45) is -0.00798. The van der Waals surface area contributed by atoms with E-state index in [2.05, 4.69) is 15.9 Å². The molecular weight excluding hydrogens is 378 g/mol. The average Bonchev–Trinajstić information content (AvgIpc) is 3.37. The Kier molecular flexibility index (Phi) is 4.87. The van der Waals surface area contributed by atoms with Gasteiger partial charge in [0.1, 0.15) is 0 Å². The Morgan fingerprint density at radius 2 is 1.78 bits per heavy atom. The van der Waals surface area contributed by atoms with Gasteiger partial charge in [0, 0.05) is 17.1 Å². The number of nitrogens with zero attached hydrogens (tertiary/aromatic N) is 1. The van der Waals surface area contributed by atoms with Gasteiger partial charge in [-0.3, -0.25) is 0 Å². The fourth-order valence-corrected chi connectivity index (χ4v) is 4.41. The normalized spacial score (nSPS) is 18.8. The Bertz CT molecular complexity index is 758. The average molecular weight is 396 g/mol. The van der Waals surface area contributed by atoms with E-state index in [-0.39, 0.29) is 12.1 Å². The minimum absolute atomic E-state index is 0.00798. The molecule has 0 saturated carbocycles. The van der Waals surface area contributed by atoms with Crippen LogP contribution in [0.5, 0.6) is 0 Å². The molecule has 0 N–H and O–H groups in total. The quantitative estimate of drug-likeness (QED) is 0.702. The first-order valence-electron chi connectivity index (χ1n) is 7.42. The number of sulfonamides is 1. The summed E-state index contributed by atoms with van der Waals surface area (Å²) in [5.74, 6) is 0. The molecule has 1 aliphatic rings. The molecule has 1 saturated heterocycles. The van der Waals surface area contributed by atoms with E-state index in [1.165, 1.54) is 4.31 Å². The highest BCUT2D eigenvalue weighted by Gasteiger charge is 2.36. The molecule has 2 aromatic carbocycles. The van der Waals surface area contributed by atoms with E-state index >= 15 is 0 Å². The summed E-state index contributed by atoms with van der Waals surface area (Å²) in [6, 6.07) is 16.0. The number of rotatable bonds is 6. The van der Waals surface area contributed by atoms with Crippen molar-refractivity contribution in [3.8, 4) is 0 Å². The van der Waals surface area contributed by atoms with E-state index in [0.717, 1.165) is 10.0 Å². The van der Waals surface area contributed by atoms with Crippen LogP contribution in [0.15, 0.2) is 64.0 Å². The molecule has 23 heavy (non-hydrogen) atoms. The standard InChI is InChI=1S/C17H18BrNO3S/c1-13(14-7-9-15(18)10-8-14)19(11-16-12-22-16)23(20,21)17-5-3-2-4-6-17/h2-10,13,16H,11-12H2,1H3. The summed E-state index contributed by atoms with van der Waals surface area (Å²) in [4.78, 5) is 0.310. The third kappa shape index (κ3) is 3.83. The predicted molar refractivity (Wildman–Crippen MR) is 92.6 cm³/mol. The molecular formula is C17H18BrNO3S. The minimum atomic E-state index is -3.57. The molecule has 2 unspecified atom stereocenters. The highest BCUT2D eigenvalue weighted by atomic mass is 79.9. The lowest BCUT2D eigenvalue weighted by atomic mass is 10.1. The van der Waals surface area contributed by atoms with E-state index in [1.54, 1.807) is 24.3 Å². The van der Waals surface area contributed by atoms with E-state index in [9.17, 15) is 8.42 Å². The van der Waals surface area contributed by atoms with Gasteiger partial charge in [0.15, 0.2) is 0 Å². The highest BCUT2D eigenvalue weighted by Crippen LogP contribution is 2.30. The number of hydrogen-bond acceptors (Lipinski definition) is 3. The Labute approximate surface area is 145 Å². The van der Waals surface area contributed by atoms with Gasteiger partial charge in [0.2, 0.25) is 10.0 Å². The van der Waals surface area contributed by atoms with Crippen LogP contribution in [-0.2, 0) is 14.8 Å². The molecule has 0 bridgehead atoms. The van der Waals surface area contributed by atoms with Crippen LogP contribution in [0, 0.1) is 0 Å². The van der Waals surface area contributed by atoms with Crippen LogP contribution >= 0.6 is 15.9 Å². The topological polar surface area (TPSA) is 49.9 Å². The van der Waals surface area contributed by atoms with Crippen molar-refractivity contribution < 1.29 is 13.2 Å². The van der Waals surface area contributed by atoms with E-state index in [0.29, 0.717) is 18.0 Å². The first-order chi connectivity index (χ1) is 11.0. The van der Waals surface area contributed by atoms with Crippen molar-refractivity contribution in [1.82, 2.24) is 4.31 Å². The van der Waals surface area contributed by atoms with E-state index in [1.807, 2.05) is 37.3 Å². The van der Waals surface area contributed by atoms with Crippen molar-refractivity contribution in [3.05, 3.63) is 64.6 Å². The Hall–Kier alpha value is -1.21. The Balaban J connectivity index is 1.95.